The fraction of sp³-hybridized carbons (Fsp3) is 0.478. The molecule has 0 unspecified atom stereocenters. The molecule has 2 aliphatic heterocycles. The highest BCUT2D eigenvalue weighted by atomic mass is 32.1. The quantitative estimate of drug-likeness (QED) is 0.321. The van der Waals surface area contributed by atoms with Crippen molar-refractivity contribution in [2.45, 2.75) is 20.8 Å². The molecule has 0 atom stereocenters. The average molecular weight is 476 g/mol. The standard InChI is InChI=1S/C23H29N3O6S/c1-4-25-21(28)17(22(29)26(5-2)23(25)33)13-16-7-8-18(19(14-16)31-6-3)32-15-20(27)24-9-11-30-12-10-24/h7-8,13-14H,4-6,9-12,15H2,1-3H3. The monoisotopic (exact) mass is 475 g/mol. The van der Waals surface area contributed by atoms with Gasteiger partial charge in [0.1, 0.15) is 5.57 Å². The van der Waals surface area contributed by atoms with Gasteiger partial charge in [-0.15, -0.1) is 0 Å². The van der Waals surface area contributed by atoms with E-state index in [-0.39, 0.29) is 23.2 Å². The lowest BCUT2D eigenvalue weighted by molar-refractivity contribution is -0.137. The molecule has 0 bridgehead atoms. The highest BCUT2D eigenvalue weighted by Gasteiger charge is 2.37. The molecule has 10 heteroatoms. The Balaban J connectivity index is 1.82. The largest absolute Gasteiger partial charge is 0.490 e. The van der Waals surface area contributed by atoms with Gasteiger partial charge in [0.15, 0.2) is 23.2 Å². The summed E-state index contributed by atoms with van der Waals surface area (Å²) in [7, 11) is 0. The molecule has 1 aromatic rings. The molecule has 0 N–H and O–H groups in total. The number of thiocarbonyl (C=S) groups is 1. The van der Waals surface area contributed by atoms with E-state index in [1.54, 1.807) is 23.1 Å². The molecule has 2 fully saturated rings. The van der Waals surface area contributed by atoms with E-state index in [1.807, 2.05) is 20.8 Å². The minimum Gasteiger partial charge on any atom is -0.490 e. The van der Waals surface area contributed by atoms with E-state index < -0.39 is 11.8 Å². The van der Waals surface area contributed by atoms with Crippen molar-refractivity contribution in [3.8, 4) is 11.5 Å². The van der Waals surface area contributed by atoms with Crippen molar-refractivity contribution in [2.24, 2.45) is 0 Å². The van der Waals surface area contributed by atoms with Crippen molar-refractivity contribution in [3.63, 3.8) is 0 Å². The van der Waals surface area contributed by atoms with Crippen LogP contribution >= 0.6 is 12.2 Å². The first-order valence-corrected chi connectivity index (χ1v) is 11.5. The Morgan fingerprint density at radius 2 is 1.67 bits per heavy atom. The maximum atomic E-state index is 12.9. The van der Waals surface area contributed by atoms with Crippen molar-refractivity contribution in [3.05, 3.63) is 29.3 Å². The number of morpholine rings is 1. The van der Waals surface area contributed by atoms with E-state index in [0.717, 1.165) is 0 Å². The lowest BCUT2D eigenvalue weighted by atomic mass is 10.1. The molecule has 178 valence electrons. The van der Waals surface area contributed by atoms with Gasteiger partial charge in [0, 0.05) is 26.2 Å². The summed E-state index contributed by atoms with van der Waals surface area (Å²) < 4.78 is 16.7. The van der Waals surface area contributed by atoms with Gasteiger partial charge in [-0.3, -0.25) is 24.2 Å². The highest BCUT2D eigenvalue weighted by molar-refractivity contribution is 7.80. The van der Waals surface area contributed by atoms with Crippen LogP contribution in [0.4, 0.5) is 0 Å². The molecule has 0 aliphatic carbocycles. The molecule has 2 saturated heterocycles. The number of carbonyl (C=O) groups is 3. The number of nitrogens with zero attached hydrogens (tertiary/aromatic N) is 3. The van der Waals surface area contributed by atoms with Gasteiger partial charge in [-0.25, -0.2) is 0 Å². The predicted octanol–water partition coefficient (Wildman–Crippen LogP) is 1.70. The number of carbonyl (C=O) groups excluding carboxylic acids is 3. The maximum absolute atomic E-state index is 12.9. The summed E-state index contributed by atoms with van der Waals surface area (Å²) in [5.74, 6) is -0.139. The van der Waals surface area contributed by atoms with Crippen molar-refractivity contribution < 1.29 is 28.6 Å². The molecule has 3 amide bonds. The zero-order chi connectivity index (χ0) is 24.0. The fourth-order valence-electron chi connectivity index (χ4n) is 3.60. The molecule has 1 aromatic carbocycles. The number of rotatable bonds is 8. The first-order chi connectivity index (χ1) is 15.9. The minimum atomic E-state index is -0.424. The Hall–Kier alpha value is -2.98. The summed E-state index contributed by atoms with van der Waals surface area (Å²) >= 11 is 5.30. The normalized spacial score (nSPS) is 16.9. The third-order valence-corrected chi connectivity index (χ3v) is 5.78. The molecule has 9 nitrogen and oxygen atoms in total. The van der Waals surface area contributed by atoms with Crippen molar-refractivity contribution >= 4 is 41.1 Å². The first kappa shape index (κ1) is 24.7. The van der Waals surface area contributed by atoms with Gasteiger partial charge in [-0.1, -0.05) is 6.07 Å². The summed E-state index contributed by atoms with van der Waals surface area (Å²) in [5.41, 5.74) is 0.632. The van der Waals surface area contributed by atoms with Gasteiger partial charge >= 0.3 is 0 Å². The van der Waals surface area contributed by atoms with E-state index >= 15 is 0 Å². The summed E-state index contributed by atoms with van der Waals surface area (Å²) in [5, 5.41) is 0.218. The van der Waals surface area contributed by atoms with Crippen LogP contribution in [0.3, 0.4) is 0 Å². The molecule has 0 aromatic heterocycles. The van der Waals surface area contributed by atoms with Gasteiger partial charge in [-0.2, -0.15) is 0 Å². The Morgan fingerprint density at radius 3 is 2.24 bits per heavy atom. The molecule has 3 rings (SSSR count). The summed E-state index contributed by atoms with van der Waals surface area (Å²) in [6.45, 7) is 8.58. The topological polar surface area (TPSA) is 88.6 Å². The van der Waals surface area contributed by atoms with Gasteiger partial charge in [-0.05, 0) is 56.8 Å². The molecule has 2 heterocycles. The number of hydrogen-bond donors (Lipinski definition) is 0. The SMILES string of the molecule is CCOc1cc(C=C2C(=O)N(CC)C(=S)N(CC)C2=O)ccc1OCC(=O)N1CCOCC1. The second-order valence-corrected chi connectivity index (χ2v) is 7.73. The second kappa shape index (κ2) is 11.2. The maximum Gasteiger partial charge on any atom is 0.265 e. The fourth-order valence-corrected chi connectivity index (χ4v) is 4.02. The van der Waals surface area contributed by atoms with Gasteiger partial charge in [0.2, 0.25) is 0 Å². The zero-order valence-electron chi connectivity index (χ0n) is 19.2. The van der Waals surface area contributed by atoms with Crippen LogP contribution in [-0.2, 0) is 19.1 Å². The summed E-state index contributed by atoms with van der Waals surface area (Å²) in [6, 6.07) is 5.07. The van der Waals surface area contributed by atoms with Gasteiger partial charge in [0.05, 0.1) is 19.8 Å². The molecular formula is C23H29N3O6S. The van der Waals surface area contributed by atoms with Crippen LogP contribution in [0.2, 0.25) is 0 Å². The van der Waals surface area contributed by atoms with E-state index in [0.29, 0.717) is 63.1 Å². The van der Waals surface area contributed by atoms with Crippen LogP contribution in [0.5, 0.6) is 11.5 Å². The molecular weight excluding hydrogens is 446 g/mol. The minimum absolute atomic E-state index is 0.0333. The smallest absolute Gasteiger partial charge is 0.265 e. The number of ether oxygens (including phenoxy) is 3. The van der Waals surface area contributed by atoms with E-state index in [4.69, 9.17) is 26.4 Å². The number of benzene rings is 1. The van der Waals surface area contributed by atoms with E-state index in [1.165, 1.54) is 15.9 Å². The van der Waals surface area contributed by atoms with Crippen LogP contribution in [0.1, 0.15) is 26.3 Å². The predicted molar refractivity (Wildman–Crippen MR) is 126 cm³/mol. The molecule has 33 heavy (non-hydrogen) atoms. The third-order valence-electron chi connectivity index (χ3n) is 5.34. The van der Waals surface area contributed by atoms with Crippen molar-refractivity contribution in [1.29, 1.82) is 0 Å². The Morgan fingerprint density at radius 1 is 1.03 bits per heavy atom. The van der Waals surface area contributed by atoms with Crippen LogP contribution in [0.15, 0.2) is 23.8 Å². The van der Waals surface area contributed by atoms with Crippen molar-refractivity contribution in [2.75, 3.05) is 52.6 Å². The van der Waals surface area contributed by atoms with Crippen LogP contribution in [-0.4, -0.2) is 90.1 Å². The summed E-state index contributed by atoms with van der Waals surface area (Å²) in [4.78, 5) is 42.6. The first-order valence-electron chi connectivity index (χ1n) is 11.1. The molecule has 0 spiro atoms. The van der Waals surface area contributed by atoms with Gasteiger partial charge < -0.3 is 19.1 Å². The van der Waals surface area contributed by atoms with Crippen LogP contribution < -0.4 is 9.47 Å². The lowest BCUT2D eigenvalue weighted by Gasteiger charge is -2.35. The average Bonchev–Trinajstić information content (AvgIpc) is 2.82. The molecule has 0 saturated carbocycles. The Labute approximate surface area is 198 Å². The highest BCUT2D eigenvalue weighted by Crippen LogP contribution is 2.30. The van der Waals surface area contributed by atoms with Crippen LogP contribution in [0, 0.1) is 0 Å². The number of amides is 3. The summed E-state index contributed by atoms with van der Waals surface area (Å²) in [6.07, 6.45) is 1.53. The Bertz CT molecular complexity index is 930. The molecule has 0 radical (unpaired) electrons. The van der Waals surface area contributed by atoms with Crippen LogP contribution in [0.25, 0.3) is 6.08 Å². The zero-order valence-corrected chi connectivity index (χ0v) is 20.0. The third kappa shape index (κ3) is 5.51. The van der Waals surface area contributed by atoms with E-state index in [9.17, 15) is 14.4 Å². The van der Waals surface area contributed by atoms with E-state index in [2.05, 4.69) is 0 Å². The second-order valence-electron chi connectivity index (χ2n) is 7.36. The number of hydrogen-bond acceptors (Lipinski definition) is 7. The lowest BCUT2D eigenvalue weighted by Crippen LogP contribution is -2.55. The Kier molecular flexibility index (Phi) is 8.40. The van der Waals surface area contributed by atoms with Crippen molar-refractivity contribution in [1.82, 2.24) is 14.7 Å². The molecule has 2 aliphatic rings. The van der Waals surface area contributed by atoms with Gasteiger partial charge in [0.25, 0.3) is 17.7 Å². The number of likely N-dealkylation sites (N-methyl/N-ethyl adjacent to an activating group) is 2.